The maximum Gasteiger partial charge on any atom is 0.165 e. The Balaban J connectivity index is 0.00000100. The number of hydrogen-bond acceptors (Lipinski definition) is 2. The number of pyridine rings is 1. The van der Waals surface area contributed by atoms with E-state index in [2.05, 4.69) is 24.9 Å². The van der Waals surface area contributed by atoms with Crippen molar-refractivity contribution in [1.82, 2.24) is 4.98 Å². The van der Waals surface area contributed by atoms with Crippen molar-refractivity contribution in [1.29, 1.82) is 0 Å². The van der Waals surface area contributed by atoms with Gasteiger partial charge in [-0.1, -0.05) is 52.8 Å². The zero-order valence-corrected chi connectivity index (χ0v) is 16.1. The molecular weight excluding hydrogens is 314 g/mol. The summed E-state index contributed by atoms with van der Waals surface area (Å²) < 4.78 is 0.801. The summed E-state index contributed by atoms with van der Waals surface area (Å²) in [4.78, 5) is 16.0. The van der Waals surface area contributed by atoms with Gasteiger partial charge in [-0.2, -0.15) is 0 Å². The summed E-state index contributed by atoms with van der Waals surface area (Å²) in [5.41, 5.74) is 2.99. The fraction of sp³-hybridized carbons (Fsp3) is 0.524. The number of Topliss-reactive ketones (excluding diaryl/α,β-unsaturated/α-hetero) is 1. The van der Waals surface area contributed by atoms with Crippen molar-refractivity contribution in [3.63, 3.8) is 0 Å². The van der Waals surface area contributed by atoms with Crippen molar-refractivity contribution in [3.05, 3.63) is 40.0 Å². The van der Waals surface area contributed by atoms with E-state index in [0.717, 1.165) is 51.9 Å². The first kappa shape index (κ1) is 18.9. The molecule has 1 aliphatic carbocycles. The lowest BCUT2D eigenvalue weighted by molar-refractivity contribution is 0.0876. The minimum absolute atomic E-state index is 0.210. The van der Waals surface area contributed by atoms with Gasteiger partial charge < -0.3 is 4.98 Å². The molecule has 3 heteroatoms. The lowest BCUT2D eigenvalue weighted by atomic mass is 9.79. The van der Waals surface area contributed by atoms with Gasteiger partial charge in [-0.25, -0.2) is 0 Å². The predicted octanol–water partition coefficient (Wildman–Crippen LogP) is 6.49. The van der Waals surface area contributed by atoms with E-state index in [1.165, 1.54) is 12.8 Å². The van der Waals surface area contributed by atoms with Gasteiger partial charge in [-0.3, -0.25) is 4.79 Å². The van der Waals surface area contributed by atoms with Crippen LogP contribution in [0.4, 0.5) is 0 Å². The molecule has 0 aliphatic heterocycles. The van der Waals surface area contributed by atoms with Crippen LogP contribution in [0, 0.1) is 16.5 Å². The molecule has 1 N–H and O–H groups in total. The third-order valence-corrected chi connectivity index (χ3v) is 5.34. The predicted molar refractivity (Wildman–Crippen MR) is 105 cm³/mol. The molecule has 0 spiro atoms. The molecule has 130 valence electrons. The Kier molecular flexibility index (Phi) is 6.73. The fourth-order valence-electron chi connectivity index (χ4n) is 3.43. The average molecular weight is 344 g/mol. The largest absolute Gasteiger partial charge is 0.346 e. The van der Waals surface area contributed by atoms with E-state index in [0.29, 0.717) is 5.78 Å². The van der Waals surface area contributed by atoms with Crippen LogP contribution < -0.4 is 0 Å². The van der Waals surface area contributed by atoms with E-state index in [1.807, 2.05) is 32.0 Å². The number of aromatic nitrogens is 1. The quantitative estimate of drug-likeness (QED) is 0.510. The highest BCUT2D eigenvalue weighted by Crippen LogP contribution is 2.31. The van der Waals surface area contributed by atoms with Gasteiger partial charge in [-0.15, -0.1) is 0 Å². The van der Waals surface area contributed by atoms with Crippen molar-refractivity contribution >= 4 is 28.9 Å². The highest BCUT2D eigenvalue weighted by Gasteiger charge is 2.25. The first-order chi connectivity index (χ1) is 11.6. The second-order valence-corrected chi connectivity index (χ2v) is 7.01. The number of nitrogens with one attached hydrogen (secondary N) is 1. The molecular formula is C21H29NOS. The fourth-order valence-corrected chi connectivity index (χ4v) is 3.74. The lowest BCUT2D eigenvalue weighted by Crippen LogP contribution is -2.20. The SMILES string of the molecule is CC.CCc1cc2cc(C(=O)C3CCC(C)CC3)ccc2[nH]c1=S. The van der Waals surface area contributed by atoms with Gasteiger partial charge >= 0.3 is 0 Å². The van der Waals surface area contributed by atoms with Crippen LogP contribution in [0.25, 0.3) is 10.9 Å². The topological polar surface area (TPSA) is 32.9 Å². The van der Waals surface area contributed by atoms with Gasteiger partial charge in [0.15, 0.2) is 5.78 Å². The molecule has 2 aromatic rings. The van der Waals surface area contributed by atoms with Crippen LogP contribution in [-0.2, 0) is 6.42 Å². The normalized spacial score (nSPS) is 20.3. The number of ketones is 1. The van der Waals surface area contributed by atoms with Gasteiger partial charge in [0.2, 0.25) is 0 Å². The zero-order valence-electron chi connectivity index (χ0n) is 15.3. The first-order valence-corrected chi connectivity index (χ1v) is 9.69. The Morgan fingerprint density at radius 1 is 1.17 bits per heavy atom. The van der Waals surface area contributed by atoms with E-state index in [-0.39, 0.29) is 5.92 Å². The van der Waals surface area contributed by atoms with Gasteiger partial charge in [0.25, 0.3) is 0 Å². The molecule has 0 amide bonds. The molecule has 0 radical (unpaired) electrons. The number of H-pyrrole nitrogens is 1. The van der Waals surface area contributed by atoms with Crippen LogP contribution in [0.5, 0.6) is 0 Å². The molecule has 0 atom stereocenters. The summed E-state index contributed by atoms with van der Waals surface area (Å²) >= 11 is 5.35. The van der Waals surface area contributed by atoms with E-state index in [1.54, 1.807) is 0 Å². The number of carbonyl (C=O) groups excluding carboxylic acids is 1. The molecule has 1 fully saturated rings. The highest BCUT2D eigenvalue weighted by molar-refractivity contribution is 7.71. The van der Waals surface area contributed by atoms with E-state index in [4.69, 9.17) is 12.2 Å². The van der Waals surface area contributed by atoms with Crippen LogP contribution in [0.15, 0.2) is 24.3 Å². The van der Waals surface area contributed by atoms with E-state index < -0.39 is 0 Å². The Bertz CT molecular complexity index is 754. The van der Waals surface area contributed by atoms with E-state index in [9.17, 15) is 4.79 Å². The van der Waals surface area contributed by atoms with E-state index >= 15 is 0 Å². The smallest absolute Gasteiger partial charge is 0.165 e. The Morgan fingerprint density at radius 3 is 2.46 bits per heavy atom. The maximum absolute atomic E-state index is 12.7. The number of aromatic amines is 1. The zero-order chi connectivity index (χ0) is 17.7. The molecule has 3 rings (SSSR count). The average Bonchev–Trinajstić information content (AvgIpc) is 2.62. The summed E-state index contributed by atoms with van der Waals surface area (Å²) in [5.74, 6) is 1.30. The van der Waals surface area contributed by atoms with Gasteiger partial charge in [-0.05, 0) is 60.4 Å². The van der Waals surface area contributed by atoms with Crippen molar-refractivity contribution in [3.8, 4) is 0 Å². The number of aryl methyl sites for hydroxylation is 1. The summed E-state index contributed by atoms with van der Waals surface area (Å²) in [6.07, 6.45) is 5.34. The van der Waals surface area contributed by atoms with Crippen molar-refractivity contribution in [2.75, 3.05) is 0 Å². The molecule has 0 unspecified atom stereocenters. The second kappa shape index (κ2) is 8.57. The molecule has 1 saturated carbocycles. The van der Waals surface area contributed by atoms with Crippen molar-refractivity contribution < 1.29 is 4.79 Å². The Labute approximate surface area is 150 Å². The van der Waals surface area contributed by atoms with Gasteiger partial charge in [0.05, 0.1) is 0 Å². The maximum atomic E-state index is 12.7. The summed E-state index contributed by atoms with van der Waals surface area (Å²) in [6.45, 7) is 8.38. The number of rotatable bonds is 3. The van der Waals surface area contributed by atoms with Gasteiger partial charge in [0, 0.05) is 17.0 Å². The third-order valence-electron chi connectivity index (χ3n) is 4.97. The van der Waals surface area contributed by atoms with Crippen LogP contribution >= 0.6 is 12.2 Å². The minimum Gasteiger partial charge on any atom is -0.346 e. The lowest BCUT2D eigenvalue weighted by Gasteiger charge is -2.25. The summed E-state index contributed by atoms with van der Waals surface area (Å²) in [7, 11) is 0. The Morgan fingerprint density at radius 2 is 1.83 bits per heavy atom. The number of hydrogen-bond donors (Lipinski definition) is 1. The monoisotopic (exact) mass is 343 g/mol. The molecule has 0 bridgehead atoms. The van der Waals surface area contributed by atoms with Crippen LogP contribution in [-0.4, -0.2) is 10.8 Å². The molecule has 2 nitrogen and oxygen atoms in total. The van der Waals surface area contributed by atoms with Crippen LogP contribution in [0.1, 0.15) is 69.3 Å². The third kappa shape index (κ3) is 4.13. The first-order valence-electron chi connectivity index (χ1n) is 9.28. The molecule has 1 aliphatic rings. The minimum atomic E-state index is 0.210. The molecule has 1 aromatic carbocycles. The van der Waals surface area contributed by atoms with Crippen LogP contribution in [0.2, 0.25) is 0 Å². The molecule has 1 aromatic heterocycles. The van der Waals surface area contributed by atoms with Gasteiger partial charge in [0.1, 0.15) is 4.64 Å². The van der Waals surface area contributed by atoms with Crippen molar-refractivity contribution in [2.45, 2.75) is 59.8 Å². The second-order valence-electron chi connectivity index (χ2n) is 6.60. The summed E-state index contributed by atoms with van der Waals surface area (Å²) in [5, 5.41) is 1.08. The standard InChI is InChI=1S/C19H23NOS.C2H6/c1-3-13-10-16-11-15(8-9-17(16)20-19(13)22)18(21)14-6-4-12(2)5-7-14;1-2/h8-12,14H,3-7H2,1-2H3,(H,20,22);1-2H3. The van der Waals surface area contributed by atoms with Crippen LogP contribution in [0.3, 0.4) is 0 Å². The summed E-state index contributed by atoms with van der Waals surface area (Å²) in [6, 6.07) is 8.08. The molecule has 0 saturated heterocycles. The number of carbonyl (C=O) groups is 1. The number of benzene rings is 1. The highest BCUT2D eigenvalue weighted by atomic mass is 32.1. The number of fused-ring (bicyclic) bond motifs is 1. The molecule has 1 heterocycles. The molecule has 24 heavy (non-hydrogen) atoms. The van der Waals surface area contributed by atoms with Crippen molar-refractivity contribution in [2.24, 2.45) is 11.8 Å². The Hall–Kier alpha value is -1.48.